The van der Waals surface area contributed by atoms with Crippen LogP contribution in [0.3, 0.4) is 0 Å². The maximum atomic E-state index is 8.86. The van der Waals surface area contributed by atoms with E-state index in [-0.39, 0.29) is 0 Å². The number of rotatable bonds is 6. The molecule has 0 amide bonds. The van der Waals surface area contributed by atoms with Crippen molar-refractivity contribution in [1.29, 1.82) is 5.26 Å². The number of aromatic nitrogens is 1. The molecule has 1 aromatic rings. The number of hydrogen-bond acceptors (Lipinski definition) is 4. The fourth-order valence-electron chi connectivity index (χ4n) is 1.37. The van der Waals surface area contributed by atoms with E-state index in [0.717, 1.165) is 11.3 Å². The van der Waals surface area contributed by atoms with Crippen LogP contribution in [0, 0.1) is 18.3 Å². The molecule has 1 rings (SSSR count). The molecule has 0 aromatic carbocycles. The first-order chi connectivity index (χ1) is 7.70. The van der Waals surface area contributed by atoms with Crippen LogP contribution in [-0.4, -0.2) is 24.9 Å². The van der Waals surface area contributed by atoms with Gasteiger partial charge in [-0.15, -0.1) is 0 Å². The molecule has 88 valence electrons. The molecular weight excluding hydrogens is 206 g/mol. The highest BCUT2D eigenvalue weighted by Crippen LogP contribution is 2.12. The largest absolute Gasteiger partial charge is 0.382 e. The summed E-state index contributed by atoms with van der Waals surface area (Å²) in [6.45, 7) is 3.63. The summed E-state index contributed by atoms with van der Waals surface area (Å²) in [6.07, 6.45) is 0. The van der Waals surface area contributed by atoms with E-state index >= 15 is 0 Å². The summed E-state index contributed by atoms with van der Waals surface area (Å²) in [5.41, 5.74) is 5.63. The number of hydrogen-bond donors (Lipinski definition) is 1. The Morgan fingerprint density at radius 1 is 1.50 bits per heavy atom. The number of nitriles is 1. The summed E-state index contributed by atoms with van der Waals surface area (Å²) in [7, 11) is 3.51. The molecule has 0 saturated carbocycles. The molecule has 0 radical (unpaired) electrons. The molecule has 0 fully saturated rings. The average Bonchev–Trinajstić information content (AvgIpc) is 2.56. The Bertz CT molecular complexity index is 379. The van der Waals surface area contributed by atoms with Gasteiger partial charge in [0.1, 0.15) is 11.8 Å². The van der Waals surface area contributed by atoms with Gasteiger partial charge in [-0.2, -0.15) is 10.7 Å². The van der Waals surface area contributed by atoms with Crippen molar-refractivity contribution < 1.29 is 9.57 Å². The molecule has 0 unspecified atom stereocenters. The van der Waals surface area contributed by atoms with E-state index in [1.807, 2.05) is 24.6 Å². The minimum atomic E-state index is 0.507. The summed E-state index contributed by atoms with van der Waals surface area (Å²) in [5.74, 6) is 0. The average molecular weight is 223 g/mol. The van der Waals surface area contributed by atoms with Crippen molar-refractivity contribution in [3.8, 4) is 6.07 Å². The van der Waals surface area contributed by atoms with Crippen LogP contribution >= 0.6 is 0 Å². The summed E-state index contributed by atoms with van der Waals surface area (Å²) >= 11 is 0. The standard InChI is InChI=1S/C11H17N3O2/c1-9-10(6-11(7-12)14(9)2)8-13-16-5-4-15-3/h6,13H,4-5,8H2,1-3H3. The number of ether oxygens (including phenoxy) is 1. The van der Waals surface area contributed by atoms with Gasteiger partial charge in [-0.05, 0) is 18.6 Å². The summed E-state index contributed by atoms with van der Waals surface area (Å²) < 4.78 is 6.71. The van der Waals surface area contributed by atoms with Crippen molar-refractivity contribution in [3.05, 3.63) is 23.0 Å². The summed E-state index contributed by atoms with van der Waals surface area (Å²) in [5, 5.41) is 8.86. The lowest BCUT2D eigenvalue weighted by Crippen LogP contribution is -2.17. The van der Waals surface area contributed by atoms with E-state index < -0.39 is 0 Å². The van der Waals surface area contributed by atoms with Crippen LogP contribution in [0.25, 0.3) is 0 Å². The van der Waals surface area contributed by atoms with Gasteiger partial charge in [-0.1, -0.05) is 0 Å². The van der Waals surface area contributed by atoms with Crippen molar-refractivity contribution >= 4 is 0 Å². The fraction of sp³-hybridized carbons (Fsp3) is 0.545. The van der Waals surface area contributed by atoms with Crippen LogP contribution in [0.2, 0.25) is 0 Å². The highest BCUT2D eigenvalue weighted by molar-refractivity contribution is 5.33. The Hall–Kier alpha value is -1.35. The molecule has 5 nitrogen and oxygen atoms in total. The minimum Gasteiger partial charge on any atom is -0.382 e. The Labute approximate surface area is 95.5 Å². The van der Waals surface area contributed by atoms with Gasteiger partial charge in [0, 0.05) is 26.4 Å². The second-order valence-electron chi connectivity index (χ2n) is 3.47. The van der Waals surface area contributed by atoms with Crippen molar-refractivity contribution in [2.75, 3.05) is 20.3 Å². The molecule has 0 bridgehead atoms. The number of methoxy groups -OCH3 is 1. The zero-order valence-electron chi connectivity index (χ0n) is 9.91. The zero-order valence-corrected chi connectivity index (χ0v) is 9.91. The Balaban J connectivity index is 2.46. The lowest BCUT2D eigenvalue weighted by Gasteiger charge is -2.05. The summed E-state index contributed by atoms with van der Waals surface area (Å²) in [6, 6.07) is 4.00. The van der Waals surface area contributed by atoms with Crippen LogP contribution in [0.15, 0.2) is 6.07 Å². The molecule has 1 aromatic heterocycles. The van der Waals surface area contributed by atoms with Crippen molar-refractivity contribution in [2.45, 2.75) is 13.5 Å². The lowest BCUT2D eigenvalue weighted by molar-refractivity contribution is 0.00339. The molecule has 0 atom stereocenters. The van der Waals surface area contributed by atoms with Crippen LogP contribution < -0.4 is 5.48 Å². The van der Waals surface area contributed by atoms with Crippen molar-refractivity contribution in [1.82, 2.24) is 10.0 Å². The van der Waals surface area contributed by atoms with Gasteiger partial charge in [0.25, 0.3) is 0 Å². The highest BCUT2D eigenvalue weighted by Gasteiger charge is 2.07. The quantitative estimate of drug-likeness (QED) is 0.574. The molecule has 0 spiro atoms. The number of nitrogens with zero attached hydrogens (tertiary/aromatic N) is 2. The van der Waals surface area contributed by atoms with E-state index in [1.54, 1.807) is 7.11 Å². The van der Waals surface area contributed by atoms with Gasteiger partial charge >= 0.3 is 0 Å². The van der Waals surface area contributed by atoms with Gasteiger partial charge < -0.3 is 9.30 Å². The number of nitrogens with one attached hydrogen (secondary N) is 1. The Morgan fingerprint density at radius 2 is 2.25 bits per heavy atom. The highest BCUT2D eigenvalue weighted by atomic mass is 16.7. The molecule has 5 heteroatoms. The predicted octanol–water partition coefficient (Wildman–Crippen LogP) is 0.873. The maximum Gasteiger partial charge on any atom is 0.120 e. The molecule has 1 N–H and O–H groups in total. The molecule has 16 heavy (non-hydrogen) atoms. The normalized spacial score (nSPS) is 10.4. The van der Waals surface area contributed by atoms with E-state index in [1.165, 1.54) is 0 Å². The van der Waals surface area contributed by atoms with Gasteiger partial charge in [0.05, 0.1) is 13.2 Å². The molecule has 0 saturated heterocycles. The molecule has 1 heterocycles. The Morgan fingerprint density at radius 3 is 2.81 bits per heavy atom. The van der Waals surface area contributed by atoms with Gasteiger partial charge in [0.15, 0.2) is 0 Å². The SMILES string of the molecule is COCCONCc1cc(C#N)n(C)c1C. The van der Waals surface area contributed by atoms with Crippen molar-refractivity contribution in [2.24, 2.45) is 7.05 Å². The lowest BCUT2D eigenvalue weighted by atomic mass is 10.2. The monoisotopic (exact) mass is 223 g/mol. The van der Waals surface area contributed by atoms with Gasteiger partial charge in [-0.3, -0.25) is 4.84 Å². The van der Waals surface area contributed by atoms with Crippen LogP contribution in [0.5, 0.6) is 0 Å². The van der Waals surface area contributed by atoms with Crippen LogP contribution in [0.4, 0.5) is 0 Å². The van der Waals surface area contributed by atoms with Crippen LogP contribution in [-0.2, 0) is 23.2 Å². The van der Waals surface area contributed by atoms with E-state index in [0.29, 0.717) is 25.5 Å². The van der Waals surface area contributed by atoms with E-state index in [2.05, 4.69) is 11.5 Å². The topological polar surface area (TPSA) is 59.2 Å². The third-order valence-corrected chi connectivity index (χ3v) is 2.51. The second kappa shape index (κ2) is 6.28. The van der Waals surface area contributed by atoms with Crippen molar-refractivity contribution in [3.63, 3.8) is 0 Å². The second-order valence-corrected chi connectivity index (χ2v) is 3.47. The maximum absolute atomic E-state index is 8.86. The fourth-order valence-corrected chi connectivity index (χ4v) is 1.37. The van der Waals surface area contributed by atoms with E-state index in [9.17, 15) is 0 Å². The third kappa shape index (κ3) is 3.07. The molecular formula is C11H17N3O2. The first kappa shape index (κ1) is 12.7. The molecule has 0 aliphatic rings. The predicted molar refractivity (Wildman–Crippen MR) is 59.5 cm³/mol. The van der Waals surface area contributed by atoms with E-state index in [4.69, 9.17) is 14.8 Å². The Kier molecular flexibility index (Phi) is 4.99. The van der Waals surface area contributed by atoms with Gasteiger partial charge in [-0.25, -0.2) is 0 Å². The summed E-state index contributed by atoms with van der Waals surface area (Å²) in [4.78, 5) is 5.15. The number of hydroxylamine groups is 1. The first-order valence-electron chi connectivity index (χ1n) is 5.09. The first-order valence-corrected chi connectivity index (χ1v) is 5.09. The smallest absolute Gasteiger partial charge is 0.120 e. The molecule has 0 aliphatic carbocycles. The van der Waals surface area contributed by atoms with Crippen LogP contribution in [0.1, 0.15) is 17.0 Å². The van der Waals surface area contributed by atoms with Gasteiger partial charge in [0.2, 0.25) is 0 Å². The minimum absolute atomic E-state index is 0.507. The molecule has 0 aliphatic heterocycles. The third-order valence-electron chi connectivity index (χ3n) is 2.51. The zero-order chi connectivity index (χ0) is 12.0.